The third-order valence-electron chi connectivity index (χ3n) is 4.28. The van der Waals surface area contributed by atoms with Crippen LogP contribution >= 0.6 is 0 Å². The second-order valence-electron chi connectivity index (χ2n) is 6.35. The van der Waals surface area contributed by atoms with Crippen LogP contribution in [-0.2, 0) is 11.3 Å². The second-order valence-corrected chi connectivity index (χ2v) is 6.35. The number of hydrogen-bond donors (Lipinski definition) is 1. The fourth-order valence-corrected chi connectivity index (χ4v) is 2.81. The predicted molar refractivity (Wildman–Crippen MR) is 109 cm³/mol. The first-order valence-corrected chi connectivity index (χ1v) is 9.41. The van der Waals surface area contributed by atoms with Crippen LogP contribution in [0, 0.1) is 0 Å². The van der Waals surface area contributed by atoms with E-state index in [0.29, 0.717) is 35.7 Å². The van der Waals surface area contributed by atoms with E-state index in [1.54, 1.807) is 61.7 Å². The Morgan fingerprint density at radius 3 is 2.48 bits per heavy atom. The minimum atomic E-state index is -0.918. The number of carbonyl (C=O) groups is 2. The number of carbonyl (C=O) groups excluding carboxylic acids is 2. The molecule has 0 fully saturated rings. The van der Waals surface area contributed by atoms with Crippen LogP contribution in [0.5, 0.6) is 5.75 Å². The maximum absolute atomic E-state index is 12.7. The number of anilines is 1. The molecule has 1 heterocycles. The molecule has 0 bridgehead atoms. The molecule has 1 N–H and O–H groups in total. The topological polar surface area (TPSA) is 77.8 Å². The quantitative estimate of drug-likeness (QED) is 0.419. The van der Waals surface area contributed by atoms with Crippen LogP contribution in [-0.4, -0.2) is 24.5 Å². The fourth-order valence-electron chi connectivity index (χ4n) is 2.81. The van der Waals surface area contributed by atoms with Gasteiger partial charge < -0.3 is 19.2 Å². The average molecular weight is 393 g/mol. The third-order valence-corrected chi connectivity index (χ3v) is 4.28. The van der Waals surface area contributed by atoms with E-state index in [4.69, 9.17) is 13.9 Å². The lowest BCUT2D eigenvalue weighted by Gasteiger charge is -2.15. The van der Waals surface area contributed by atoms with Gasteiger partial charge in [0.15, 0.2) is 6.10 Å². The standard InChI is InChI=1S/C23H23NO5/c1-3-27-18-12-10-17(11-13-18)22(25)16(2)29-23(26)20-8-4-5-9-21(20)24-15-19-7-6-14-28-19/h4-14,16,24H,3,15H2,1-2H3/t16-/m1/s1. The number of ether oxygens (including phenoxy) is 2. The minimum absolute atomic E-state index is 0.276. The van der Waals surface area contributed by atoms with Crippen molar-refractivity contribution in [2.75, 3.05) is 11.9 Å². The molecule has 0 saturated carbocycles. The first-order chi connectivity index (χ1) is 14.1. The van der Waals surface area contributed by atoms with Crippen LogP contribution in [0.2, 0.25) is 0 Å². The molecule has 3 aromatic rings. The Balaban J connectivity index is 1.65. The Morgan fingerprint density at radius 2 is 1.79 bits per heavy atom. The zero-order valence-corrected chi connectivity index (χ0v) is 16.4. The van der Waals surface area contributed by atoms with Gasteiger partial charge in [-0.2, -0.15) is 0 Å². The van der Waals surface area contributed by atoms with Crippen LogP contribution in [0.4, 0.5) is 5.69 Å². The third kappa shape index (κ3) is 5.25. The SMILES string of the molecule is CCOc1ccc(C(=O)[C@@H](C)OC(=O)c2ccccc2NCc2ccco2)cc1. The van der Waals surface area contributed by atoms with E-state index in [0.717, 1.165) is 5.76 Å². The summed E-state index contributed by atoms with van der Waals surface area (Å²) in [6.07, 6.45) is 0.671. The van der Waals surface area contributed by atoms with Gasteiger partial charge in [-0.05, 0) is 62.4 Å². The van der Waals surface area contributed by atoms with Gasteiger partial charge >= 0.3 is 5.97 Å². The predicted octanol–water partition coefficient (Wildman–Crippen LogP) is 4.72. The van der Waals surface area contributed by atoms with Crippen molar-refractivity contribution in [2.45, 2.75) is 26.5 Å². The van der Waals surface area contributed by atoms with Crippen molar-refractivity contribution < 1.29 is 23.5 Å². The Kier molecular flexibility index (Phi) is 6.68. The summed E-state index contributed by atoms with van der Waals surface area (Å²) >= 11 is 0. The van der Waals surface area contributed by atoms with Crippen LogP contribution < -0.4 is 10.1 Å². The summed E-state index contributed by atoms with van der Waals surface area (Å²) in [6, 6.07) is 17.4. The van der Waals surface area contributed by atoms with E-state index in [-0.39, 0.29) is 5.78 Å². The summed E-state index contributed by atoms with van der Waals surface area (Å²) in [5.74, 6) is 0.583. The van der Waals surface area contributed by atoms with Crippen molar-refractivity contribution in [1.82, 2.24) is 0 Å². The van der Waals surface area contributed by atoms with Crippen molar-refractivity contribution in [3.05, 3.63) is 83.8 Å². The Bertz CT molecular complexity index is 948. The zero-order chi connectivity index (χ0) is 20.6. The van der Waals surface area contributed by atoms with Crippen molar-refractivity contribution in [1.29, 1.82) is 0 Å². The molecular formula is C23H23NO5. The number of esters is 1. The maximum atomic E-state index is 12.7. The van der Waals surface area contributed by atoms with Gasteiger partial charge in [-0.25, -0.2) is 4.79 Å². The van der Waals surface area contributed by atoms with Crippen molar-refractivity contribution in [3.8, 4) is 5.75 Å². The monoisotopic (exact) mass is 393 g/mol. The summed E-state index contributed by atoms with van der Waals surface area (Å²) in [7, 11) is 0. The zero-order valence-electron chi connectivity index (χ0n) is 16.4. The lowest BCUT2D eigenvalue weighted by Crippen LogP contribution is -2.25. The van der Waals surface area contributed by atoms with Crippen LogP contribution in [0.25, 0.3) is 0 Å². The van der Waals surface area contributed by atoms with E-state index < -0.39 is 12.1 Å². The van der Waals surface area contributed by atoms with Crippen molar-refractivity contribution in [2.24, 2.45) is 0 Å². The summed E-state index contributed by atoms with van der Waals surface area (Å²) in [4.78, 5) is 25.3. The van der Waals surface area contributed by atoms with Crippen LogP contribution in [0.1, 0.15) is 40.3 Å². The maximum Gasteiger partial charge on any atom is 0.340 e. The summed E-state index contributed by atoms with van der Waals surface area (Å²) in [5, 5.41) is 3.16. The second kappa shape index (κ2) is 9.59. The molecule has 3 rings (SSSR count). The molecule has 6 nitrogen and oxygen atoms in total. The molecule has 1 atom stereocenters. The van der Waals surface area contributed by atoms with E-state index >= 15 is 0 Å². The fraction of sp³-hybridized carbons (Fsp3) is 0.217. The van der Waals surface area contributed by atoms with Gasteiger partial charge in [-0.3, -0.25) is 4.79 Å². The molecular weight excluding hydrogens is 370 g/mol. The molecule has 0 aliphatic rings. The van der Waals surface area contributed by atoms with Crippen LogP contribution in [0.3, 0.4) is 0 Å². The first kappa shape index (κ1) is 20.2. The number of rotatable bonds is 9. The highest BCUT2D eigenvalue weighted by atomic mass is 16.5. The number of para-hydroxylation sites is 1. The Morgan fingerprint density at radius 1 is 1.03 bits per heavy atom. The van der Waals surface area contributed by atoms with E-state index in [1.165, 1.54) is 0 Å². The van der Waals surface area contributed by atoms with Gasteiger partial charge in [-0.15, -0.1) is 0 Å². The van der Waals surface area contributed by atoms with Gasteiger partial charge in [-0.1, -0.05) is 12.1 Å². The van der Waals surface area contributed by atoms with Gasteiger partial charge in [0.2, 0.25) is 5.78 Å². The van der Waals surface area contributed by atoms with Crippen molar-refractivity contribution in [3.63, 3.8) is 0 Å². The normalized spacial score (nSPS) is 11.5. The largest absolute Gasteiger partial charge is 0.494 e. The Labute approximate surface area is 169 Å². The summed E-state index contributed by atoms with van der Waals surface area (Å²) < 4.78 is 16.1. The number of ketones is 1. The molecule has 0 aliphatic heterocycles. The lowest BCUT2D eigenvalue weighted by molar-refractivity contribution is 0.0319. The lowest BCUT2D eigenvalue weighted by atomic mass is 10.1. The van der Waals surface area contributed by atoms with E-state index in [9.17, 15) is 9.59 Å². The minimum Gasteiger partial charge on any atom is -0.494 e. The Hall–Kier alpha value is -3.54. The molecule has 150 valence electrons. The number of nitrogens with one attached hydrogen (secondary N) is 1. The number of hydrogen-bond acceptors (Lipinski definition) is 6. The first-order valence-electron chi connectivity index (χ1n) is 9.41. The smallest absolute Gasteiger partial charge is 0.340 e. The molecule has 0 saturated heterocycles. The van der Waals surface area contributed by atoms with Gasteiger partial charge in [0.25, 0.3) is 0 Å². The van der Waals surface area contributed by atoms with Gasteiger partial charge in [0.1, 0.15) is 11.5 Å². The average Bonchev–Trinajstić information content (AvgIpc) is 3.26. The van der Waals surface area contributed by atoms with Crippen molar-refractivity contribution >= 4 is 17.4 Å². The van der Waals surface area contributed by atoms with Gasteiger partial charge in [0, 0.05) is 11.3 Å². The summed E-state index contributed by atoms with van der Waals surface area (Å²) in [5.41, 5.74) is 1.41. The summed E-state index contributed by atoms with van der Waals surface area (Å²) in [6.45, 7) is 4.43. The highest BCUT2D eigenvalue weighted by Gasteiger charge is 2.22. The van der Waals surface area contributed by atoms with E-state index in [1.807, 2.05) is 19.1 Å². The molecule has 6 heteroatoms. The highest BCUT2D eigenvalue weighted by molar-refractivity contribution is 6.02. The van der Waals surface area contributed by atoms with E-state index in [2.05, 4.69) is 5.32 Å². The molecule has 29 heavy (non-hydrogen) atoms. The molecule has 0 spiro atoms. The number of Topliss-reactive ketones (excluding diaryl/α,β-unsaturated/α-hetero) is 1. The van der Waals surface area contributed by atoms with Crippen LogP contribution in [0.15, 0.2) is 71.3 Å². The molecule has 1 aromatic heterocycles. The van der Waals surface area contributed by atoms with Gasteiger partial charge in [0.05, 0.1) is 25.0 Å². The molecule has 0 radical (unpaired) electrons. The highest BCUT2D eigenvalue weighted by Crippen LogP contribution is 2.20. The number of furan rings is 1. The molecule has 0 unspecified atom stereocenters. The molecule has 2 aromatic carbocycles. The molecule has 0 amide bonds. The number of benzene rings is 2. The molecule has 0 aliphatic carbocycles.